The maximum Gasteiger partial charge on any atom is 0.106 e. The number of nitrogens with zero attached hydrogens (tertiary/aromatic N) is 1. The Labute approximate surface area is 92.5 Å². The van der Waals surface area contributed by atoms with Crippen LogP contribution in [0.5, 0.6) is 0 Å². The summed E-state index contributed by atoms with van der Waals surface area (Å²) in [6.45, 7) is 4.53. The summed E-state index contributed by atoms with van der Waals surface area (Å²) in [4.78, 5) is 4.43. The molecule has 1 saturated carbocycles. The molecule has 0 amide bonds. The van der Waals surface area contributed by atoms with Gasteiger partial charge in [-0.05, 0) is 39.9 Å². The van der Waals surface area contributed by atoms with Crippen LogP contribution in [-0.4, -0.2) is 16.7 Å². The first kappa shape index (κ1) is 10.1. The predicted octanol–water partition coefficient (Wildman–Crippen LogP) is 2.50. The molecule has 2 rings (SSSR count). The van der Waals surface area contributed by atoms with Crippen LogP contribution in [0.25, 0.3) is 0 Å². The lowest BCUT2D eigenvalue weighted by atomic mass is 9.93. The topological polar surface area (TPSA) is 33.1 Å². The molecule has 14 heavy (non-hydrogen) atoms. The molecule has 0 spiro atoms. The van der Waals surface area contributed by atoms with Crippen molar-refractivity contribution in [2.45, 2.75) is 25.7 Å². The van der Waals surface area contributed by atoms with Crippen molar-refractivity contribution in [3.8, 4) is 0 Å². The maximum absolute atomic E-state index is 9.48. The second-order valence-electron chi connectivity index (χ2n) is 4.65. The van der Waals surface area contributed by atoms with Gasteiger partial charge >= 0.3 is 0 Å². The molecular weight excluding hydrogens is 242 g/mol. The number of aromatic nitrogens is 1. The van der Waals surface area contributed by atoms with Crippen LogP contribution in [0.1, 0.15) is 26.0 Å². The molecule has 1 aromatic heterocycles. The third kappa shape index (κ3) is 1.30. The van der Waals surface area contributed by atoms with E-state index in [0.29, 0.717) is 0 Å². The van der Waals surface area contributed by atoms with Crippen molar-refractivity contribution in [3.63, 3.8) is 0 Å². The van der Waals surface area contributed by atoms with Crippen molar-refractivity contribution in [1.29, 1.82) is 0 Å². The van der Waals surface area contributed by atoms with E-state index in [1.807, 2.05) is 18.2 Å². The van der Waals surface area contributed by atoms with Crippen LogP contribution in [0, 0.1) is 5.41 Å². The van der Waals surface area contributed by atoms with Gasteiger partial charge in [-0.2, -0.15) is 0 Å². The molecule has 0 aromatic carbocycles. The van der Waals surface area contributed by atoms with Crippen molar-refractivity contribution in [2.24, 2.45) is 5.41 Å². The standard InChI is InChI=1S/C11H14BrNO/c1-10(2)6-11(10,7-14)8-4-3-5-9(12)13-8/h3-5,14H,6-7H2,1-2H3. The number of rotatable bonds is 2. The fourth-order valence-electron chi connectivity index (χ4n) is 2.17. The van der Waals surface area contributed by atoms with Crippen molar-refractivity contribution in [2.75, 3.05) is 6.61 Å². The zero-order chi connectivity index (χ0) is 10.4. The van der Waals surface area contributed by atoms with Gasteiger partial charge in [-0.1, -0.05) is 19.9 Å². The molecule has 0 bridgehead atoms. The van der Waals surface area contributed by atoms with Gasteiger partial charge < -0.3 is 5.11 Å². The highest BCUT2D eigenvalue weighted by Gasteiger charge is 2.62. The molecule has 1 aliphatic carbocycles. The van der Waals surface area contributed by atoms with E-state index in [9.17, 15) is 5.11 Å². The van der Waals surface area contributed by atoms with E-state index in [1.54, 1.807) is 0 Å². The number of hydrogen-bond acceptors (Lipinski definition) is 2. The first-order chi connectivity index (χ1) is 6.52. The van der Waals surface area contributed by atoms with Gasteiger partial charge in [0.25, 0.3) is 0 Å². The van der Waals surface area contributed by atoms with E-state index in [2.05, 4.69) is 34.8 Å². The molecule has 1 aliphatic rings. The number of aliphatic hydroxyl groups is 1. The second kappa shape index (κ2) is 3.04. The van der Waals surface area contributed by atoms with Crippen LogP contribution in [0.3, 0.4) is 0 Å². The van der Waals surface area contributed by atoms with E-state index in [1.165, 1.54) is 0 Å². The molecule has 76 valence electrons. The molecule has 1 unspecified atom stereocenters. The van der Waals surface area contributed by atoms with Gasteiger partial charge in [0, 0.05) is 5.41 Å². The Morgan fingerprint density at radius 1 is 1.50 bits per heavy atom. The third-order valence-corrected chi connectivity index (χ3v) is 3.83. The quantitative estimate of drug-likeness (QED) is 0.825. The minimum absolute atomic E-state index is 0.114. The summed E-state index contributed by atoms with van der Waals surface area (Å²) in [5, 5.41) is 9.48. The van der Waals surface area contributed by atoms with Crippen molar-refractivity contribution < 1.29 is 5.11 Å². The van der Waals surface area contributed by atoms with Crippen LogP contribution in [0.2, 0.25) is 0 Å². The first-order valence-electron chi connectivity index (χ1n) is 4.76. The molecule has 2 nitrogen and oxygen atoms in total. The van der Waals surface area contributed by atoms with E-state index >= 15 is 0 Å². The lowest BCUT2D eigenvalue weighted by molar-refractivity contribution is 0.228. The number of pyridine rings is 1. The molecule has 0 aliphatic heterocycles. The summed E-state index contributed by atoms with van der Waals surface area (Å²) in [6.07, 6.45) is 1.01. The van der Waals surface area contributed by atoms with E-state index in [0.717, 1.165) is 16.7 Å². The minimum atomic E-state index is -0.114. The summed E-state index contributed by atoms with van der Waals surface area (Å²) in [5.41, 5.74) is 1.06. The highest BCUT2D eigenvalue weighted by molar-refractivity contribution is 9.10. The maximum atomic E-state index is 9.48. The molecule has 1 fully saturated rings. The average Bonchev–Trinajstić information content (AvgIpc) is 2.70. The van der Waals surface area contributed by atoms with Crippen molar-refractivity contribution >= 4 is 15.9 Å². The lowest BCUT2D eigenvalue weighted by Crippen LogP contribution is -2.20. The molecule has 1 atom stereocenters. The van der Waals surface area contributed by atoms with E-state index < -0.39 is 0 Å². The van der Waals surface area contributed by atoms with Crippen LogP contribution in [-0.2, 0) is 5.41 Å². The van der Waals surface area contributed by atoms with Gasteiger partial charge in [0.1, 0.15) is 4.60 Å². The van der Waals surface area contributed by atoms with Crippen molar-refractivity contribution in [1.82, 2.24) is 4.98 Å². The van der Waals surface area contributed by atoms with Gasteiger partial charge in [0.05, 0.1) is 12.3 Å². The second-order valence-corrected chi connectivity index (χ2v) is 5.46. The molecule has 0 saturated heterocycles. The van der Waals surface area contributed by atoms with Gasteiger partial charge in [-0.3, -0.25) is 0 Å². The SMILES string of the molecule is CC1(C)CC1(CO)c1cccc(Br)n1. The minimum Gasteiger partial charge on any atom is -0.395 e. The van der Waals surface area contributed by atoms with Gasteiger partial charge in [-0.15, -0.1) is 0 Å². The van der Waals surface area contributed by atoms with Crippen LogP contribution in [0.4, 0.5) is 0 Å². The van der Waals surface area contributed by atoms with Gasteiger partial charge in [-0.25, -0.2) is 4.98 Å². The number of hydrogen-bond donors (Lipinski definition) is 1. The Balaban J connectivity index is 2.40. The molecule has 3 heteroatoms. The number of halogens is 1. The zero-order valence-corrected chi connectivity index (χ0v) is 10.0. The highest BCUT2D eigenvalue weighted by atomic mass is 79.9. The van der Waals surface area contributed by atoms with Crippen LogP contribution >= 0.6 is 15.9 Å². The van der Waals surface area contributed by atoms with E-state index in [4.69, 9.17) is 0 Å². The normalized spacial score (nSPS) is 28.9. The van der Waals surface area contributed by atoms with Gasteiger partial charge in [0.2, 0.25) is 0 Å². The Morgan fingerprint density at radius 2 is 2.14 bits per heavy atom. The Bertz CT molecular complexity index is 364. The highest BCUT2D eigenvalue weighted by Crippen LogP contribution is 2.63. The third-order valence-electron chi connectivity index (χ3n) is 3.39. The van der Waals surface area contributed by atoms with Crippen LogP contribution < -0.4 is 0 Å². The average molecular weight is 256 g/mol. The zero-order valence-electron chi connectivity index (χ0n) is 8.42. The monoisotopic (exact) mass is 255 g/mol. The molecule has 1 aromatic rings. The van der Waals surface area contributed by atoms with Crippen molar-refractivity contribution in [3.05, 3.63) is 28.5 Å². The predicted molar refractivity (Wildman–Crippen MR) is 59.1 cm³/mol. The lowest BCUT2D eigenvalue weighted by Gasteiger charge is -2.17. The summed E-state index contributed by atoms with van der Waals surface area (Å²) in [6, 6.07) is 5.87. The summed E-state index contributed by atoms with van der Waals surface area (Å²) < 4.78 is 0.838. The summed E-state index contributed by atoms with van der Waals surface area (Å²) >= 11 is 3.36. The largest absolute Gasteiger partial charge is 0.395 e. The fourth-order valence-corrected chi connectivity index (χ4v) is 2.52. The van der Waals surface area contributed by atoms with Gasteiger partial charge in [0.15, 0.2) is 0 Å². The molecule has 1 heterocycles. The number of aliphatic hydroxyl groups excluding tert-OH is 1. The first-order valence-corrected chi connectivity index (χ1v) is 5.55. The van der Waals surface area contributed by atoms with E-state index in [-0.39, 0.29) is 17.4 Å². The fraction of sp³-hybridized carbons (Fsp3) is 0.545. The smallest absolute Gasteiger partial charge is 0.106 e. The Kier molecular flexibility index (Phi) is 2.20. The Hall–Kier alpha value is -0.410. The van der Waals surface area contributed by atoms with Crippen LogP contribution in [0.15, 0.2) is 22.8 Å². The summed E-state index contributed by atoms with van der Waals surface area (Å²) in [7, 11) is 0. The Morgan fingerprint density at radius 3 is 2.57 bits per heavy atom. The molecule has 1 N–H and O–H groups in total. The molecule has 0 radical (unpaired) electrons. The molecular formula is C11H14BrNO. The summed E-state index contributed by atoms with van der Waals surface area (Å²) in [5.74, 6) is 0.